The number of nitrogens with zero attached hydrogens (tertiary/aromatic N) is 1. The van der Waals surface area contributed by atoms with Gasteiger partial charge in [0, 0.05) is 17.5 Å². The van der Waals surface area contributed by atoms with Gasteiger partial charge in [0.05, 0.1) is 0 Å². The van der Waals surface area contributed by atoms with Gasteiger partial charge in [0.2, 0.25) is 0 Å². The van der Waals surface area contributed by atoms with Gasteiger partial charge in [-0.25, -0.2) is 4.98 Å². The number of aryl methyl sites for hydroxylation is 1. The van der Waals surface area contributed by atoms with E-state index >= 15 is 0 Å². The van der Waals surface area contributed by atoms with E-state index in [-0.39, 0.29) is 0 Å². The molecule has 0 aliphatic heterocycles. The van der Waals surface area contributed by atoms with Crippen LogP contribution >= 0.6 is 0 Å². The van der Waals surface area contributed by atoms with Gasteiger partial charge in [0.1, 0.15) is 11.3 Å². The summed E-state index contributed by atoms with van der Waals surface area (Å²) in [5.41, 5.74) is 4.00. The Balaban J connectivity index is 1.70. The topological polar surface area (TPSA) is 33.1 Å². The van der Waals surface area contributed by atoms with E-state index in [0.29, 0.717) is 5.75 Å². The van der Waals surface area contributed by atoms with E-state index in [1.54, 1.807) is 0 Å². The molecule has 0 fully saturated rings. The number of aromatic nitrogens is 1. The second-order valence-electron chi connectivity index (χ2n) is 7.13. The number of benzene rings is 2. The predicted octanol–water partition coefficient (Wildman–Crippen LogP) is 6.43. The lowest BCUT2D eigenvalue weighted by molar-refractivity contribution is 0.471. The Morgan fingerprint density at radius 2 is 1.54 bits per heavy atom. The first-order valence-corrected chi connectivity index (χ1v) is 9.92. The molecule has 3 rings (SSSR count). The molecule has 0 saturated carbocycles. The monoisotopic (exact) mass is 347 g/mol. The highest BCUT2D eigenvalue weighted by molar-refractivity contribution is 5.85. The lowest BCUT2D eigenvalue weighted by Crippen LogP contribution is -1.95. The zero-order valence-electron chi connectivity index (χ0n) is 15.7. The van der Waals surface area contributed by atoms with Crippen molar-refractivity contribution in [3.8, 4) is 5.75 Å². The van der Waals surface area contributed by atoms with Crippen molar-refractivity contribution in [2.45, 2.75) is 58.3 Å². The van der Waals surface area contributed by atoms with Crippen LogP contribution in [-0.2, 0) is 12.8 Å². The zero-order chi connectivity index (χ0) is 18.2. The number of phenolic OH excluding ortho intramolecular Hbond substituents is 1. The molecule has 0 spiro atoms. The third-order valence-corrected chi connectivity index (χ3v) is 5.00. The summed E-state index contributed by atoms with van der Waals surface area (Å²) in [6.07, 6.45) is 9.31. The molecule has 2 nitrogen and oxygen atoms in total. The van der Waals surface area contributed by atoms with Crippen LogP contribution in [0, 0.1) is 0 Å². The number of phenols is 1. The number of aromatic hydroxyl groups is 1. The minimum absolute atomic E-state index is 0.367. The number of hydrogen-bond acceptors (Lipinski definition) is 2. The molecule has 0 aliphatic rings. The summed E-state index contributed by atoms with van der Waals surface area (Å²) in [7, 11) is 0. The molecular weight excluding hydrogens is 318 g/mol. The van der Waals surface area contributed by atoms with Crippen molar-refractivity contribution in [3.05, 3.63) is 71.4 Å². The lowest BCUT2D eigenvalue weighted by atomic mass is 10.0. The van der Waals surface area contributed by atoms with E-state index in [9.17, 15) is 5.11 Å². The summed E-state index contributed by atoms with van der Waals surface area (Å²) in [6.45, 7) is 2.24. The van der Waals surface area contributed by atoms with Crippen molar-refractivity contribution in [2.75, 3.05) is 0 Å². The van der Waals surface area contributed by atoms with Crippen molar-refractivity contribution in [2.24, 2.45) is 0 Å². The minimum Gasteiger partial charge on any atom is -0.505 e. The lowest BCUT2D eigenvalue weighted by Gasteiger charge is -2.09. The van der Waals surface area contributed by atoms with Crippen molar-refractivity contribution in [1.82, 2.24) is 4.98 Å². The number of pyridine rings is 1. The average Bonchev–Trinajstić information content (AvgIpc) is 2.67. The molecule has 136 valence electrons. The smallest absolute Gasteiger partial charge is 0.144 e. The molecule has 0 saturated heterocycles. The molecule has 0 amide bonds. The molecular formula is C24H29NO. The Kier molecular flexibility index (Phi) is 6.65. The van der Waals surface area contributed by atoms with Gasteiger partial charge in [0.15, 0.2) is 0 Å². The summed E-state index contributed by atoms with van der Waals surface area (Å²) in [5, 5.41) is 11.7. The summed E-state index contributed by atoms with van der Waals surface area (Å²) < 4.78 is 0. The van der Waals surface area contributed by atoms with E-state index < -0.39 is 0 Å². The van der Waals surface area contributed by atoms with Crippen LogP contribution in [-0.4, -0.2) is 10.1 Å². The minimum atomic E-state index is 0.367. The van der Waals surface area contributed by atoms with Crippen molar-refractivity contribution in [1.29, 1.82) is 0 Å². The molecule has 0 radical (unpaired) electrons. The van der Waals surface area contributed by atoms with Gasteiger partial charge >= 0.3 is 0 Å². The number of rotatable bonds is 9. The van der Waals surface area contributed by atoms with Gasteiger partial charge in [-0.1, -0.05) is 87.6 Å². The summed E-state index contributed by atoms with van der Waals surface area (Å²) >= 11 is 0. The standard InChI is InChI=1S/C24H29NO/c1-2-3-4-5-6-10-13-21-15-14-20-16-17-22(25-23(20)24(21)26)18-19-11-8-7-9-12-19/h7-9,11-12,14-17,26H,2-6,10,13,18H2,1H3. The first-order valence-electron chi connectivity index (χ1n) is 9.92. The third-order valence-electron chi connectivity index (χ3n) is 5.00. The summed E-state index contributed by atoms with van der Waals surface area (Å²) in [4.78, 5) is 4.75. The Bertz CT molecular complexity index is 826. The Hall–Kier alpha value is -2.35. The molecule has 0 unspecified atom stereocenters. The number of hydrogen-bond donors (Lipinski definition) is 1. The molecule has 1 heterocycles. The highest BCUT2D eigenvalue weighted by atomic mass is 16.3. The zero-order valence-corrected chi connectivity index (χ0v) is 15.7. The van der Waals surface area contributed by atoms with Crippen molar-refractivity contribution < 1.29 is 5.11 Å². The van der Waals surface area contributed by atoms with Gasteiger partial charge in [-0.3, -0.25) is 0 Å². The van der Waals surface area contributed by atoms with Crippen LogP contribution in [0.1, 0.15) is 62.3 Å². The highest BCUT2D eigenvalue weighted by Crippen LogP contribution is 2.29. The Morgan fingerprint density at radius 1 is 0.808 bits per heavy atom. The van der Waals surface area contributed by atoms with Crippen molar-refractivity contribution >= 4 is 10.9 Å². The van der Waals surface area contributed by atoms with Gasteiger partial charge in [0.25, 0.3) is 0 Å². The first kappa shape index (κ1) is 18.4. The summed E-state index contributed by atoms with van der Waals surface area (Å²) in [5.74, 6) is 0.367. The highest BCUT2D eigenvalue weighted by Gasteiger charge is 2.09. The first-order chi connectivity index (χ1) is 12.8. The third kappa shape index (κ3) is 4.85. The molecule has 0 aliphatic carbocycles. The molecule has 2 heteroatoms. The van der Waals surface area contributed by atoms with Crippen LogP contribution in [0.4, 0.5) is 0 Å². The molecule has 3 aromatic rings. The van der Waals surface area contributed by atoms with Gasteiger partial charge in [-0.15, -0.1) is 0 Å². The van der Waals surface area contributed by atoms with E-state index in [0.717, 1.165) is 41.4 Å². The molecule has 0 atom stereocenters. The van der Waals surface area contributed by atoms with Crippen LogP contribution in [0.3, 0.4) is 0 Å². The van der Waals surface area contributed by atoms with E-state index in [1.165, 1.54) is 37.7 Å². The van der Waals surface area contributed by atoms with Gasteiger partial charge in [-0.05, 0) is 30.0 Å². The molecule has 1 N–H and O–H groups in total. The van der Waals surface area contributed by atoms with Crippen LogP contribution in [0.15, 0.2) is 54.6 Å². The number of unbranched alkanes of at least 4 members (excludes halogenated alkanes) is 5. The van der Waals surface area contributed by atoms with E-state index in [4.69, 9.17) is 4.98 Å². The maximum atomic E-state index is 10.7. The van der Waals surface area contributed by atoms with Crippen LogP contribution < -0.4 is 0 Å². The fourth-order valence-electron chi connectivity index (χ4n) is 3.46. The SMILES string of the molecule is CCCCCCCCc1ccc2ccc(Cc3ccccc3)nc2c1O. The Labute approximate surface area is 156 Å². The fourth-order valence-corrected chi connectivity index (χ4v) is 3.46. The van der Waals surface area contributed by atoms with E-state index in [2.05, 4.69) is 43.3 Å². The second-order valence-corrected chi connectivity index (χ2v) is 7.13. The van der Waals surface area contributed by atoms with Crippen LogP contribution in [0.25, 0.3) is 10.9 Å². The number of fused-ring (bicyclic) bond motifs is 1. The fraction of sp³-hybridized carbons (Fsp3) is 0.375. The Morgan fingerprint density at radius 3 is 2.35 bits per heavy atom. The second kappa shape index (κ2) is 9.38. The van der Waals surface area contributed by atoms with Gasteiger partial charge in [-0.2, -0.15) is 0 Å². The summed E-state index contributed by atoms with van der Waals surface area (Å²) in [6, 6.07) is 18.6. The molecule has 1 aromatic heterocycles. The molecule has 26 heavy (non-hydrogen) atoms. The largest absolute Gasteiger partial charge is 0.505 e. The predicted molar refractivity (Wildman–Crippen MR) is 110 cm³/mol. The quantitative estimate of drug-likeness (QED) is 0.452. The average molecular weight is 348 g/mol. The van der Waals surface area contributed by atoms with E-state index in [1.807, 2.05) is 18.2 Å². The van der Waals surface area contributed by atoms with Crippen LogP contribution in [0.2, 0.25) is 0 Å². The maximum absolute atomic E-state index is 10.7. The van der Waals surface area contributed by atoms with Crippen molar-refractivity contribution in [3.63, 3.8) is 0 Å². The van der Waals surface area contributed by atoms with Crippen LogP contribution in [0.5, 0.6) is 5.75 Å². The molecule has 2 aromatic carbocycles. The normalized spacial score (nSPS) is 11.1. The van der Waals surface area contributed by atoms with Gasteiger partial charge < -0.3 is 5.11 Å². The molecule has 0 bridgehead atoms. The maximum Gasteiger partial charge on any atom is 0.144 e.